The van der Waals surface area contributed by atoms with Gasteiger partial charge >= 0.3 is 0 Å². The van der Waals surface area contributed by atoms with E-state index in [1.165, 1.54) is 12.2 Å². The number of thiazole rings is 1. The van der Waals surface area contributed by atoms with E-state index < -0.39 is 0 Å². The zero-order chi connectivity index (χ0) is 14.7. The number of hydrogen-bond acceptors (Lipinski definition) is 4. The first-order valence-electron chi connectivity index (χ1n) is 7.28. The molecule has 21 heavy (non-hydrogen) atoms. The van der Waals surface area contributed by atoms with E-state index in [1.807, 2.05) is 13.2 Å². The van der Waals surface area contributed by atoms with Crippen LogP contribution in [-0.4, -0.2) is 51.4 Å². The Labute approximate surface area is 133 Å². The second kappa shape index (κ2) is 6.70. The molecule has 1 atom stereocenters. The van der Waals surface area contributed by atoms with E-state index in [1.54, 1.807) is 11.3 Å². The van der Waals surface area contributed by atoms with E-state index in [0.717, 1.165) is 41.5 Å². The Kier molecular flexibility index (Phi) is 4.70. The maximum absolute atomic E-state index is 4.60. The molecule has 2 aromatic heterocycles. The zero-order valence-electron chi connectivity index (χ0n) is 12.5. The first-order chi connectivity index (χ1) is 10.3. The molecule has 1 saturated heterocycles. The number of hydrogen-bond donors (Lipinski definition) is 1. The summed E-state index contributed by atoms with van der Waals surface area (Å²) in [5, 5.41) is 6.21. The highest BCUT2D eigenvalue weighted by Crippen LogP contribution is 2.21. The summed E-state index contributed by atoms with van der Waals surface area (Å²) in [6, 6.07) is 0. The lowest BCUT2D eigenvalue weighted by Gasteiger charge is -2.34. The number of nitrogens with zero attached hydrogens (tertiary/aromatic N) is 4. The molecule has 5 nitrogen and oxygen atoms in total. The van der Waals surface area contributed by atoms with Crippen molar-refractivity contribution < 1.29 is 0 Å². The predicted molar refractivity (Wildman–Crippen MR) is 91.4 cm³/mol. The molecule has 1 aliphatic heterocycles. The number of guanidine groups is 1. The average molecular weight is 323 g/mol. The number of aromatic nitrogens is 2. The fourth-order valence-corrected chi connectivity index (χ4v) is 4.42. The zero-order valence-corrected chi connectivity index (χ0v) is 14.1. The van der Waals surface area contributed by atoms with Gasteiger partial charge in [-0.05, 0) is 6.42 Å². The monoisotopic (exact) mass is 323 g/mol. The van der Waals surface area contributed by atoms with Crippen molar-refractivity contribution in [1.29, 1.82) is 0 Å². The third kappa shape index (κ3) is 3.35. The van der Waals surface area contributed by atoms with Crippen molar-refractivity contribution in [3.8, 4) is 0 Å². The summed E-state index contributed by atoms with van der Waals surface area (Å²) in [5.41, 5.74) is 1.06. The Balaban J connectivity index is 1.60. The van der Waals surface area contributed by atoms with E-state index in [4.69, 9.17) is 0 Å². The third-order valence-corrected chi connectivity index (χ3v) is 5.82. The van der Waals surface area contributed by atoms with Gasteiger partial charge in [-0.1, -0.05) is 6.92 Å². The van der Waals surface area contributed by atoms with Gasteiger partial charge in [0.2, 0.25) is 0 Å². The number of nitrogens with one attached hydrogen (secondary N) is 1. The van der Waals surface area contributed by atoms with Gasteiger partial charge in [-0.2, -0.15) is 11.8 Å². The summed E-state index contributed by atoms with van der Waals surface area (Å²) >= 11 is 3.73. The van der Waals surface area contributed by atoms with Crippen LogP contribution in [0.15, 0.2) is 22.8 Å². The van der Waals surface area contributed by atoms with Crippen LogP contribution in [0.2, 0.25) is 0 Å². The van der Waals surface area contributed by atoms with Crippen molar-refractivity contribution in [2.45, 2.75) is 25.1 Å². The lowest BCUT2D eigenvalue weighted by atomic mass is 10.3. The molecule has 1 aliphatic rings. The summed E-state index contributed by atoms with van der Waals surface area (Å²) in [6.45, 7) is 5.13. The highest BCUT2D eigenvalue weighted by Gasteiger charge is 2.21. The molecule has 1 N–H and O–H groups in total. The minimum absolute atomic E-state index is 0.718. The Morgan fingerprint density at radius 2 is 2.48 bits per heavy atom. The molecule has 0 saturated carbocycles. The first kappa shape index (κ1) is 14.7. The number of thioether (sulfide) groups is 1. The summed E-state index contributed by atoms with van der Waals surface area (Å²) in [6.07, 6.45) is 5.33. The maximum Gasteiger partial charge on any atom is 0.194 e. The third-order valence-electron chi connectivity index (χ3n) is 3.68. The Hall–Kier alpha value is -1.21. The largest absolute Gasteiger partial charge is 0.351 e. The van der Waals surface area contributed by atoms with Gasteiger partial charge in [-0.15, -0.1) is 11.3 Å². The Morgan fingerprint density at radius 1 is 1.57 bits per heavy atom. The van der Waals surface area contributed by atoms with E-state index in [-0.39, 0.29) is 0 Å². The highest BCUT2D eigenvalue weighted by molar-refractivity contribution is 8.00. The minimum atomic E-state index is 0.718. The average Bonchev–Trinajstić information content (AvgIpc) is 3.09. The summed E-state index contributed by atoms with van der Waals surface area (Å²) < 4.78 is 2.06. The van der Waals surface area contributed by atoms with Gasteiger partial charge in [0.1, 0.15) is 0 Å². The lowest BCUT2D eigenvalue weighted by Crippen LogP contribution is -2.47. The van der Waals surface area contributed by atoms with Crippen molar-refractivity contribution >= 4 is 34.0 Å². The first-order valence-corrected chi connectivity index (χ1v) is 9.21. The molecular formula is C14H21N5S2. The Morgan fingerprint density at radius 3 is 3.24 bits per heavy atom. The molecule has 1 unspecified atom stereocenters. The topological polar surface area (TPSA) is 44.9 Å². The van der Waals surface area contributed by atoms with Crippen molar-refractivity contribution in [2.75, 3.05) is 25.9 Å². The maximum atomic E-state index is 4.60. The van der Waals surface area contributed by atoms with Crippen LogP contribution in [-0.2, 0) is 6.54 Å². The standard InChI is InChI=1S/C14H21N5S2/c1-3-12-10-18(4-6-20-12)13(15-2)16-8-11-9-19-5-7-21-14(19)17-11/h5,7,9,12H,3-4,6,8,10H2,1-2H3,(H,15,16). The molecule has 0 bridgehead atoms. The molecule has 0 amide bonds. The van der Waals surface area contributed by atoms with E-state index in [2.05, 4.69) is 54.9 Å². The number of rotatable bonds is 3. The predicted octanol–water partition coefficient (Wildman–Crippen LogP) is 2.30. The van der Waals surface area contributed by atoms with Crippen LogP contribution in [0.4, 0.5) is 0 Å². The molecule has 2 aromatic rings. The van der Waals surface area contributed by atoms with Crippen molar-refractivity contribution in [2.24, 2.45) is 4.99 Å². The van der Waals surface area contributed by atoms with Gasteiger partial charge in [0.05, 0.1) is 12.2 Å². The molecule has 3 heterocycles. The molecule has 0 aliphatic carbocycles. The molecule has 3 rings (SSSR count). The fourth-order valence-electron chi connectivity index (χ4n) is 2.52. The molecule has 1 fully saturated rings. The van der Waals surface area contributed by atoms with Gasteiger partial charge < -0.3 is 10.2 Å². The quantitative estimate of drug-likeness (QED) is 0.695. The van der Waals surface area contributed by atoms with Crippen LogP contribution in [0.1, 0.15) is 19.0 Å². The normalized spacial score (nSPS) is 20.2. The number of imidazole rings is 1. The fraction of sp³-hybridized carbons (Fsp3) is 0.571. The van der Waals surface area contributed by atoms with Gasteiger partial charge in [0.25, 0.3) is 0 Å². The summed E-state index contributed by atoms with van der Waals surface area (Å²) in [4.78, 5) is 12.4. The van der Waals surface area contributed by atoms with E-state index in [0.29, 0.717) is 0 Å². The van der Waals surface area contributed by atoms with Crippen LogP contribution < -0.4 is 5.32 Å². The molecule has 0 radical (unpaired) electrons. The number of fused-ring (bicyclic) bond motifs is 1. The molecule has 114 valence electrons. The van der Waals surface area contributed by atoms with Crippen LogP contribution in [0, 0.1) is 0 Å². The molecular weight excluding hydrogens is 302 g/mol. The Bertz CT molecular complexity index is 589. The summed E-state index contributed by atoms with van der Waals surface area (Å²) in [5.74, 6) is 2.17. The van der Waals surface area contributed by atoms with E-state index >= 15 is 0 Å². The molecule has 0 spiro atoms. The smallest absolute Gasteiger partial charge is 0.194 e. The van der Waals surface area contributed by atoms with Gasteiger partial charge in [-0.25, -0.2) is 4.98 Å². The second-order valence-electron chi connectivity index (χ2n) is 5.07. The van der Waals surface area contributed by atoms with Crippen molar-refractivity contribution in [3.63, 3.8) is 0 Å². The van der Waals surface area contributed by atoms with Gasteiger partial charge in [0, 0.05) is 48.9 Å². The molecule has 7 heteroatoms. The van der Waals surface area contributed by atoms with Crippen LogP contribution in [0.25, 0.3) is 4.96 Å². The minimum Gasteiger partial charge on any atom is -0.351 e. The molecule has 0 aromatic carbocycles. The van der Waals surface area contributed by atoms with Gasteiger partial charge in [0.15, 0.2) is 10.9 Å². The SMILES string of the molecule is CCC1CN(C(=NC)NCc2cn3ccsc3n2)CCS1. The van der Waals surface area contributed by atoms with Gasteiger partial charge in [-0.3, -0.25) is 9.39 Å². The second-order valence-corrected chi connectivity index (χ2v) is 7.35. The van der Waals surface area contributed by atoms with Crippen molar-refractivity contribution in [3.05, 3.63) is 23.5 Å². The van der Waals surface area contributed by atoms with Crippen LogP contribution >= 0.6 is 23.1 Å². The van der Waals surface area contributed by atoms with Crippen molar-refractivity contribution in [1.82, 2.24) is 19.6 Å². The highest BCUT2D eigenvalue weighted by atomic mass is 32.2. The number of aliphatic imine (C=N–C) groups is 1. The van der Waals surface area contributed by atoms with E-state index in [9.17, 15) is 0 Å². The van der Waals surface area contributed by atoms with Crippen LogP contribution in [0.3, 0.4) is 0 Å². The lowest BCUT2D eigenvalue weighted by molar-refractivity contribution is 0.408. The van der Waals surface area contributed by atoms with Crippen LogP contribution in [0.5, 0.6) is 0 Å². The summed E-state index contributed by atoms with van der Waals surface area (Å²) in [7, 11) is 1.86.